The van der Waals surface area contributed by atoms with E-state index < -0.39 is 0 Å². The van der Waals surface area contributed by atoms with E-state index in [0.29, 0.717) is 11.8 Å². The van der Waals surface area contributed by atoms with Crippen molar-refractivity contribution < 1.29 is 0 Å². The summed E-state index contributed by atoms with van der Waals surface area (Å²) in [6.45, 7) is 4.49. The number of rotatable bonds is 6. The first kappa shape index (κ1) is 12.6. The lowest BCUT2D eigenvalue weighted by Gasteiger charge is -2.09. The first-order chi connectivity index (χ1) is 8.35. The molecule has 1 unspecified atom stereocenters. The zero-order valence-electron chi connectivity index (χ0n) is 11.2. The van der Waals surface area contributed by atoms with Crippen LogP contribution in [0, 0.1) is 0 Å². The minimum absolute atomic E-state index is 0.557. The standard InChI is InChI=1S/C14H25N3/c1-3-5-8-11(4-2)13-15-14(17-16-13)12-9-6-7-10-12/h11-12H,3-10H2,1-2H3,(H,15,16,17). The average Bonchev–Trinajstić information content (AvgIpc) is 3.00. The Morgan fingerprint density at radius 3 is 2.71 bits per heavy atom. The Bertz CT molecular complexity index is 326. The SMILES string of the molecule is CCCCC(CC)c1n[nH]c(C2CCCC2)n1. The largest absolute Gasteiger partial charge is 0.263 e. The molecule has 0 aromatic carbocycles. The third-order valence-electron chi connectivity index (χ3n) is 4.03. The van der Waals surface area contributed by atoms with Crippen molar-refractivity contribution >= 4 is 0 Å². The van der Waals surface area contributed by atoms with Crippen molar-refractivity contribution in [1.29, 1.82) is 0 Å². The molecule has 17 heavy (non-hydrogen) atoms. The Kier molecular flexibility index (Phi) is 4.57. The molecule has 96 valence electrons. The molecule has 1 aliphatic rings. The number of hydrogen-bond acceptors (Lipinski definition) is 2. The molecule has 1 heterocycles. The molecule has 0 aliphatic heterocycles. The lowest BCUT2D eigenvalue weighted by atomic mass is 9.99. The molecule has 1 saturated carbocycles. The van der Waals surface area contributed by atoms with E-state index in [1.165, 1.54) is 44.9 Å². The summed E-state index contributed by atoms with van der Waals surface area (Å²) in [5.74, 6) is 3.41. The van der Waals surface area contributed by atoms with Gasteiger partial charge in [-0.3, -0.25) is 5.10 Å². The third-order valence-corrected chi connectivity index (χ3v) is 4.03. The van der Waals surface area contributed by atoms with Gasteiger partial charge in [-0.1, -0.05) is 39.5 Å². The van der Waals surface area contributed by atoms with E-state index in [1.54, 1.807) is 0 Å². The predicted octanol–water partition coefficient (Wildman–Crippen LogP) is 4.15. The highest BCUT2D eigenvalue weighted by atomic mass is 15.2. The Hall–Kier alpha value is -0.860. The van der Waals surface area contributed by atoms with Crippen molar-refractivity contribution in [1.82, 2.24) is 15.2 Å². The Morgan fingerprint density at radius 2 is 2.06 bits per heavy atom. The van der Waals surface area contributed by atoms with Crippen LogP contribution in [0.2, 0.25) is 0 Å². The molecule has 1 aliphatic carbocycles. The van der Waals surface area contributed by atoms with Gasteiger partial charge in [0.2, 0.25) is 0 Å². The molecule has 0 bridgehead atoms. The Balaban J connectivity index is 1.99. The van der Waals surface area contributed by atoms with E-state index in [-0.39, 0.29) is 0 Å². The molecule has 1 fully saturated rings. The average molecular weight is 235 g/mol. The van der Waals surface area contributed by atoms with Crippen LogP contribution in [0.15, 0.2) is 0 Å². The van der Waals surface area contributed by atoms with Gasteiger partial charge in [0.25, 0.3) is 0 Å². The van der Waals surface area contributed by atoms with Crippen LogP contribution in [0.25, 0.3) is 0 Å². The van der Waals surface area contributed by atoms with E-state index in [1.807, 2.05) is 0 Å². The lowest BCUT2D eigenvalue weighted by Crippen LogP contribution is -2.01. The monoisotopic (exact) mass is 235 g/mol. The molecular formula is C14H25N3. The second-order valence-corrected chi connectivity index (χ2v) is 5.31. The second-order valence-electron chi connectivity index (χ2n) is 5.31. The van der Waals surface area contributed by atoms with Crippen LogP contribution in [0.3, 0.4) is 0 Å². The maximum Gasteiger partial charge on any atom is 0.153 e. The van der Waals surface area contributed by atoms with Crippen LogP contribution in [0.4, 0.5) is 0 Å². The van der Waals surface area contributed by atoms with E-state index in [4.69, 9.17) is 4.98 Å². The Labute approximate surface area is 104 Å². The van der Waals surface area contributed by atoms with Crippen LogP contribution < -0.4 is 0 Å². The van der Waals surface area contributed by atoms with Crippen LogP contribution in [-0.4, -0.2) is 15.2 Å². The van der Waals surface area contributed by atoms with Crippen molar-refractivity contribution in [3.63, 3.8) is 0 Å². The van der Waals surface area contributed by atoms with Crippen LogP contribution >= 0.6 is 0 Å². The summed E-state index contributed by atoms with van der Waals surface area (Å²) < 4.78 is 0. The highest BCUT2D eigenvalue weighted by Gasteiger charge is 2.22. The number of unbranched alkanes of at least 4 members (excludes halogenated alkanes) is 1. The van der Waals surface area contributed by atoms with Crippen molar-refractivity contribution in [2.75, 3.05) is 0 Å². The first-order valence-corrected chi connectivity index (χ1v) is 7.27. The molecule has 0 spiro atoms. The molecule has 3 nitrogen and oxygen atoms in total. The van der Waals surface area contributed by atoms with Gasteiger partial charge in [-0.05, 0) is 25.7 Å². The smallest absolute Gasteiger partial charge is 0.153 e. The van der Waals surface area contributed by atoms with Crippen LogP contribution in [0.1, 0.15) is 88.7 Å². The van der Waals surface area contributed by atoms with Gasteiger partial charge in [0.15, 0.2) is 5.82 Å². The number of nitrogens with zero attached hydrogens (tertiary/aromatic N) is 2. The topological polar surface area (TPSA) is 41.6 Å². The van der Waals surface area contributed by atoms with Crippen molar-refractivity contribution in [3.8, 4) is 0 Å². The zero-order valence-corrected chi connectivity index (χ0v) is 11.2. The fourth-order valence-corrected chi connectivity index (χ4v) is 2.82. The third kappa shape index (κ3) is 3.08. The summed E-state index contributed by atoms with van der Waals surface area (Å²) in [5.41, 5.74) is 0. The molecule has 2 rings (SSSR count). The van der Waals surface area contributed by atoms with E-state index in [2.05, 4.69) is 24.0 Å². The zero-order chi connectivity index (χ0) is 12.1. The molecule has 0 radical (unpaired) electrons. The molecule has 1 aromatic heterocycles. The highest BCUT2D eigenvalue weighted by molar-refractivity contribution is 5.03. The number of H-pyrrole nitrogens is 1. The summed E-state index contributed by atoms with van der Waals surface area (Å²) in [4.78, 5) is 4.75. The van der Waals surface area contributed by atoms with Gasteiger partial charge in [-0.25, -0.2) is 4.98 Å². The summed E-state index contributed by atoms with van der Waals surface area (Å²) in [6, 6.07) is 0. The Morgan fingerprint density at radius 1 is 1.29 bits per heavy atom. The first-order valence-electron chi connectivity index (χ1n) is 7.27. The van der Waals surface area contributed by atoms with Gasteiger partial charge in [0, 0.05) is 11.8 Å². The minimum Gasteiger partial charge on any atom is -0.263 e. The summed E-state index contributed by atoms with van der Waals surface area (Å²) >= 11 is 0. The fraction of sp³-hybridized carbons (Fsp3) is 0.857. The van der Waals surface area contributed by atoms with E-state index >= 15 is 0 Å². The molecule has 1 aromatic rings. The fourth-order valence-electron chi connectivity index (χ4n) is 2.82. The highest BCUT2D eigenvalue weighted by Crippen LogP contribution is 2.33. The molecule has 0 amide bonds. The van der Waals surface area contributed by atoms with E-state index in [9.17, 15) is 0 Å². The van der Waals surface area contributed by atoms with Crippen molar-refractivity contribution in [2.45, 2.75) is 77.0 Å². The number of aromatic amines is 1. The van der Waals surface area contributed by atoms with Crippen LogP contribution in [0.5, 0.6) is 0 Å². The second kappa shape index (κ2) is 6.18. The summed E-state index contributed by atoms with van der Waals surface area (Å²) in [6.07, 6.45) is 10.2. The van der Waals surface area contributed by atoms with Gasteiger partial charge in [-0.2, -0.15) is 5.10 Å². The molecule has 1 N–H and O–H groups in total. The maximum atomic E-state index is 4.75. The number of nitrogens with one attached hydrogen (secondary N) is 1. The van der Waals surface area contributed by atoms with E-state index in [0.717, 1.165) is 18.1 Å². The molecule has 1 atom stereocenters. The predicted molar refractivity (Wildman–Crippen MR) is 70.1 cm³/mol. The quantitative estimate of drug-likeness (QED) is 0.805. The summed E-state index contributed by atoms with van der Waals surface area (Å²) in [7, 11) is 0. The number of aromatic nitrogens is 3. The van der Waals surface area contributed by atoms with Crippen molar-refractivity contribution in [2.24, 2.45) is 0 Å². The van der Waals surface area contributed by atoms with Crippen LogP contribution in [-0.2, 0) is 0 Å². The van der Waals surface area contributed by atoms with Gasteiger partial charge in [-0.15, -0.1) is 0 Å². The van der Waals surface area contributed by atoms with Gasteiger partial charge >= 0.3 is 0 Å². The lowest BCUT2D eigenvalue weighted by molar-refractivity contribution is 0.544. The normalized spacial score (nSPS) is 18.7. The van der Waals surface area contributed by atoms with Gasteiger partial charge in [0.05, 0.1) is 0 Å². The number of hydrogen-bond donors (Lipinski definition) is 1. The van der Waals surface area contributed by atoms with Crippen molar-refractivity contribution in [3.05, 3.63) is 11.6 Å². The minimum atomic E-state index is 0.557. The summed E-state index contributed by atoms with van der Waals surface area (Å²) in [5, 5.41) is 7.63. The van der Waals surface area contributed by atoms with Gasteiger partial charge in [0.1, 0.15) is 5.82 Å². The molecule has 0 saturated heterocycles. The molecular weight excluding hydrogens is 210 g/mol. The van der Waals surface area contributed by atoms with Gasteiger partial charge < -0.3 is 0 Å². The maximum absolute atomic E-state index is 4.75. The molecule has 3 heteroatoms.